The van der Waals surface area contributed by atoms with Gasteiger partial charge in [0.1, 0.15) is 0 Å². The van der Waals surface area contributed by atoms with Crippen LogP contribution >= 0.6 is 24.0 Å². The number of pyridine rings is 1. The highest BCUT2D eigenvalue weighted by Crippen LogP contribution is 2.24. The van der Waals surface area contributed by atoms with Crippen molar-refractivity contribution < 1.29 is 0 Å². The highest BCUT2D eigenvalue weighted by Gasteiger charge is 2.14. The Hall–Kier alpha value is -2.62. The Kier molecular flexibility index (Phi) is 8.27. The molecule has 3 heterocycles. The molecule has 31 heavy (non-hydrogen) atoms. The molecule has 0 radical (unpaired) electrons. The fourth-order valence-electron chi connectivity index (χ4n) is 3.74. The summed E-state index contributed by atoms with van der Waals surface area (Å²) in [5.41, 5.74) is 3.68. The minimum absolute atomic E-state index is 0. The number of nitrogens with zero attached hydrogens (tertiary/aromatic N) is 5. The zero-order valence-electron chi connectivity index (χ0n) is 18.0. The zero-order valence-corrected chi connectivity index (χ0v) is 20.4. The van der Waals surface area contributed by atoms with E-state index in [4.69, 9.17) is 0 Å². The number of hydrogen-bond acceptors (Lipinski definition) is 4. The minimum Gasteiger partial charge on any atom is -0.372 e. The summed E-state index contributed by atoms with van der Waals surface area (Å²) in [7, 11) is 1.80. The first-order valence-electron chi connectivity index (χ1n) is 10.5. The fraction of sp³-hybridized carbons (Fsp3) is 0.348. The van der Waals surface area contributed by atoms with Crippen molar-refractivity contribution in [2.24, 2.45) is 4.99 Å². The van der Waals surface area contributed by atoms with Crippen LogP contribution in [0.4, 0.5) is 5.69 Å². The standard InChI is InChI=1S/C23H29N7.HI/c1-18(20-7-5-8-21(16-20)29-12-3-4-13-29)28-23(24-2)26-17-19-9-11-25-22(15-19)30-14-6-10-27-30;/h5-11,14-16,18H,3-4,12-13,17H2,1-2H3,(H2,24,26,28);1H. The molecule has 1 aliphatic heterocycles. The normalized spacial score (nSPS) is 14.8. The smallest absolute Gasteiger partial charge is 0.191 e. The molecule has 2 N–H and O–H groups in total. The molecule has 8 heteroatoms. The summed E-state index contributed by atoms with van der Waals surface area (Å²) in [5.74, 6) is 1.57. The van der Waals surface area contributed by atoms with Crippen molar-refractivity contribution in [2.45, 2.75) is 32.4 Å². The number of aliphatic imine (C=N–C) groups is 1. The van der Waals surface area contributed by atoms with E-state index in [0.29, 0.717) is 6.54 Å². The Morgan fingerprint density at radius 1 is 1.13 bits per heavy atom. The van der Waals surface area contributed by atoms with E-state index < -0.39 is 0 Å². The van der Waals surface area contributed by atoms with Gasteiger partial charge in [-0.1, -0.05) is 12.1 Å². The van der Waals surface area contributed by atoms with E-state index >= 15 is 0 Å². The van der Waals surface area contributed by atoms with E-state index in [1.54, 1.807) is 24.1 Å². The molecular formula is C23H30IN7. The van der Waals surface area contributed by atoms with Gasteiger partial charge in [-0.15, -0.1) is 24.0 Å². The molecule has 1 fully saturated rings. The van der Waals surface area contributed by atoms with Crippen molar-refractivity contribution >= 4 is 35.6 Å². The molecule has 3 aromatic rings. The lowest BCUT2D eigenvalue weighted by molar-refractivity contribution is 0.684. The van der Waals surface area contributed by atoms with E-state index in [-0.39, 0.29) is 30.0 Å². The predicted octanol–water partition coefficient (Wildman–Crippen LogP) is 3.91. The molecule has 1 saturated heterocycles. The Balaban J connectivity index is 0.00000272. The largest absolute Gasteiger partial charge is 0.372 e. The van der Waals surface area contributed by atoms with Crippen LogP contribution in [-0.4, -0.2) is 40.9 Å². The molecular weight excluding hydrogens is 501 g/mol. The van der Waals surface area contributed by atoms with Crippen molar-refractivity contribution in [3.63, 3.8) is 0 Å². The summed E-state index contributed by atoms with van der Waals surface area (Å²) in [6, 6.07) is 14.9. The van der Waals surface area contributed by atoms with Crippen molar-refractivity contribution in [3.05, 3.63) is 72.2 Å². The second-order valence-corrected chi connectivity index (χ2v) is 7.55. The lowest BCUT2D eigenvalue weighted by Crippen LogP contribution is -2.38. The fourth-order valence-corrected chi connectivity index (χ4v) is 3.74. The van der Waals surface area contributed by atoms with Crippen molar-refractivity contribution in [3.8, 4) is 5.82 Å². The number of hydrogen-bond donors (Lipinski definition) is 2. The van der Waals surface area contributed by atoms with Gasteiger partial charge >= 0.3 is 0 Å². The maximum Gasteiger partial charge on any atom is 0.191 e. The van der Waals surface area contributed by atoms with E-state index in [2.05, 4.69) is 61.8 Å². The molecule has 164 valence electrons. The zero-order chi connectivity index (χ0) is 20.8. The van der Waals surface area contributed by atoms with Crippen LogP contribution < -0.4 is 15.5 Å². The predicted molar refractivity (Wildman–Crippen MR) is 136 cm³/mol. The molecule has 1 atom stereocenters. The lowest BCUT2D eigenvalue weighted by atomic mass is 10.1. The van der Waals surface area contributed by atoms with Gasteiger partial charge in [0.25, 0.3) is 0 Å². The number of rotatable bonds is 6. The van der Waals surface area contributed by atoms with Gasteiger partial charge in [-0.05, 0) is 61.2 Å². The van der Waals surface area contributed by atoms with Crippen LogP contribution in [0, 0.1) is 0 Å². The summed E-state index contributed by atoms with van der Waals surface area (Å²) >= 11 is 0. The van der Waals surface area contributed by atoms with E-state index in [0.717, 1.165) is 30.4 Å². The molecule has 1 unspecified atom stereocenters. The maximum absolute atomic E-state index is 4.39. The Bertz CT molecular complexity index is 981. The average molecular weight is 531 g/mol. The van der Waals surface area contributed by atoms with Gasteiger partial charge < -0.3 is 15.5 Å². The quantitative estimate of drug-likeness (QED) is 0.287. The molecule has 0 amide bonds. The number of guanidine groups is 1. The van der Waals surface area contributed by atoms with E-state index in [9.17, 15) is 0 Å². The Morgan fingerprint density at radius 3 is 2.71 bits per heavy atom. The lowest BCUT2D eigenvalue weighted by Gasteiger charge is -2.22. The van der Waals surface area contributed by atoms with Crippen LogP contribution in [0.15, 0.2) is 66.0 Å². The third-order valence-corrected chi connectivity index (χ3v) is 5.43. The third-order valence-electron chi connectivity index (χ3n) is 5.43. The molecule has 0 bridgehead atoms. The van der Waals surface area contributed by atoms with Crippen molar-refractivity contribution in [1.29, 1.82) is 0 Å². The van der Waals surface area contributed by atoms with E-state index in [1.807, 2.05) is 24.4 Å². The monoisotopic (exact) mass is 531 g/mol. The number of anilines is 1. The molecule has 0 saturated carbocycles. The number of halogens is 1. The van der Waals surface area contributed by atoms with Crippen LogP contribution in [0.25, 0.3) is 5.82 Å². The summed E-state index contributed by atoms with van der Waals surface area (Å²) in [4.78, 5) is 11.2. The first-order chi connectivity index (χ1) is 14.7. The summed E-state index contributed by atoms with van der Waals surface area (Å²) in [6.45, 7) is 5.12. The van der Waals surface area contributed by atoms with Gasteiger partial charge in [0, 0.05) is 51.0 Å². The second kappa shape index (κ2) is 11.1. The highest BCUT2D eigenvalue weighted by molar-refractivity contribution is 14.0. The summed E-state index contributed by atoms with van der Waals surface area (Å²) in [5, 5.41) is 11.1. The summed E-state index contributed by atoms with van der Waals surface area (Å²) < 4.78 is 1.76. The third kappa shape index (κ3) is 5.96. The Labute approximate surface area is 201 Å². The van der Waals surface area contributed by atoms with Gasteiger partial charge in [-0.3, -0.25) is 4.99 Å². The van der Waals surface area contributed by atoms with Gasteiger partial charge in [-0.25, -0.2) is 9.67 Å². The SMILES string of the molecule is CN=C(NCc1ccnc(-n2cccn2)c1)NC(C)c1cccc(N2CCCC2)c1.I. The first kappa shape index (κ1) is 23.1. The number of nitrogens with one attached hydrogen (secondary N) is 2. The average Bonchev–Trinajstić information content (AvgIpc) is 3.51. The highest BCUT2D eigenvalue weighted by atomic mass is 127. The topological polar surface area (TPSA) is 70.4 Å². The molecule has 1 aliphatic rings. The van der Waals surface area contributed by atoms with Crippen molar-refractivity contribution in [1.82, 2.24) is 25.4 Å². The second-order valence-electron chi connectivity index (χ2n) is 7.55. The number of benzene rings is 1. The summed E-state index contributed by atoms with van der Waals surface area (Å²) in [6.07, 6.45) is 8.00. The van der Waals surface area contributed by atoms with Crippen molar-refractivity contribution in [2.75, 3.05) is 25.0 Å². The van der Waals surface area contributed by atoms with Gasteiger partial charge in [0.2, 0.25) is 0 Å². The maximum atomic E-state index is 4.39. The minimum atomic E-state index is 0. The Morgan fingerprint density at radius 2 is 1.97 bits per heavy atom. The van der Waals surface area contributed by atoms with Crippen LogP contribution in [0.1, 0.15) is 36.9 Å². The molecule has 4 rings (SSSR count). The molecule has 2 aromatic heterocycles. The van der Waals surface area contributed by atoms with Crippen LogP contribution in [0.5, 0.6) is 0 Å². The molecule has 0 spiro atoms. The van der Waals surface area contributed by atoms with Crippen LogP contribution in [0.2, 0.25) is 0 Å². The van der Waals surface area contributed by atoms with Crippen LogP contribution in [-0.2, 0) is 6.54 Å². The first-order valence-corrected chi connectivity index (χ1v) is 10.5. The molecule has 1 aromatic carbocycles. The number of aromatic nitrogens is 3. The van der Waals surface area contributed by atoms with Crippen LogP contribution in [0.3, 0.4) is 0 Å². The molecule has 7 nitrogen and oxygen atoms in total. The molecule has 0 aliphatic carbocycles. The van der Waals surface area contributed by atoms with Gasteiger partial charge in [0.05, 0.1) is 6.04 Å². The van der Waals surface area contributed by atoms with E-state index in [1.165, 1.54) is 24.1 Å². The van der Waals surface area contributed by atoms with Gasteiger partial charge in [0.15, 0.2) is 11.8 Å². The van der Waals surface area contributed by atoms with Gasteiger partial charge in [-0.2, -0.15) is 5.10 Å².